The van der Waals surface area contributed by atoms with Crippen molar-refractivity contribution in [3.63, 3.8) is 0 Å². The fourth-order valence-corrected chi connectivity index (χ4v) is 2.25. The minimum atomic E-state index is -0.304. The second-order valence-corrected chi connectivity index (χ2v) is 5.03. The number of nitrogens with zero attached hydrogens (tertiary/aromatic N) is 2. The topological polar surface area (TPSA) is 58.0 Å². The van der Waals surface area contributed by atoms with Crippen LogP contribution in [0.15, 0.2) is 24.3 Å². The summed E-state index contributed by atoms with van der Waals surface area (Å²) in [6.07, 6.45) is 1.94. The molecule has 0 aliphatic heterocycles. The maximum absolute atomic E-state index is 9.84. The molecule has 94 valence electrons. The number of aliphatic hydroxyl groups is 1. The number of aliphatic hydroxyl groups excluding tert-OH is 1. The number of halogens is 1. The molecule has 0 bridgehead atoms. The number of benzene rings is 1. The van der Waals surface area contributed by atoms with E-state index in [0.717, 1.165) is 23.6 Å². The molecule has 0 saturated heterocycles. The molecule has 1 unspecified atom stereocenters. The first-order valence-electron chi connectivity index (χ1n) is 6.08. The smallest absolute Gasteiger partial charge is 0.159 e. The first kappa shape index (κ1) is 11.7. The molecule has 1 fully saturated rings. The summed E-state index contributed by atoms with van der Waals surface area (Å²) in [5, 5.41) is 23.2. The van der Waals surface area contributed by atoms with Gasteiger partial charge < -0.3 is 10.4 Å². The van der Waals surface area contributed by atoms with Crippen molar-refractivity contribution in [2.45, 2.75) is 18.9 Å². The van der Waals surface area contributed by atoms with Gasteiger partial charge in [0.05, 0.1) is 6.10 Å². The van der Waals surface area contributed by atoms with E-state index in [-0.39, 0.29) is 6.10 Å². The lowest BCUT2D eigenvalue weighted by Gasteiger charge is -2.12. The van der Waals surface area contributed by atoms with Crippen LogP contribution in [0.5, 0.6) is 0 Å². The summed E-state index contributed by atoms with van der Waals surface area (Å²) in [7, 11) is 0. The van der Waals surface area contributed by atoms with Crippen LogP contribution >= 0.6 is 11.6 Å². The van der Waals surface area contributed by atoms with Gasteiger partial charge in [0.15, 0.2) is 11.0 Å². The highest BCUT2D eigenvalue weighted by molar-refractivity contribution is 6.34. The lowest BCUT2D eigenvalue weighted by Crippen LogP contribution is -2.22. The van der Waals surface area contributed by atoms with Crippen molar-refractivity contribution < 1.29 is 5.11 Å². The second-order valence-electron chi connectivity index (χ2n) is 4.67. The molecule has 1 aliphatic rings. The van der Waals surface area contributed by atoms with E-state index in [1.807, 2.05) is 24.3 Å². The Morgan fingerprint density at radius 1 is 1.28 bits per heavy atom. The van der Waals surface area contributed by atoms with Crippen molar-refractivity contribution in [3.05, 3.63) is 29.4 Å². The molecule has 1 aromatic carbocycles. The molecule has 1 aliphatic carbocycles. The first-order chi connectivity index (χ1) is 8.75. The van der Waals surface area contributed by atoms with Crippen molar-refractivity contribution in [1.29, 1.82) is 0 Å². The van der Waals surface area contributed by atoms with E-state index >= 15 is 0 Å². The van der Waals surface area contributed by atoms with Crippen LogP contribution in [-0.2, 0) is 0 Å². The van der Waals surface area contributed by atoms with Gasteiger partial charge in [0.2, 0.25) is 0 Å². The van der Waals surface area contributed by atoms with Gasteiger partial charge >= 0.3 is 0 Å². The van der Waals surface area contributed by atoms with E-state index < -0.39 is 0 Å². The molecule has 1 heterocycles. The molecule has 3 rings (SSSR count). The van der Waals surface area contributed by atoms with Gasteiger partial charge in [-0.05, 0) is 18.8 Å². The summed E-state index contributed by atoms with van der Waals surface area (Å²) in [5.41, 5.74) is 0. The fourth-order valence-electron chi connectivity index (χ4n) is 2.05. The van der Waals surface area contributed by atoms with Crippen molar-refractivity contribution >= 4 is 28.2 Å². The molecule has 1 aromatic heterocycles. The van der Waals surface area contributed by atoms with Gasteiger partial charge in [-0.3, -0.25) is 0 Å². The minimum absolute atomic E-state index is 0.304. The quantitative estimate of drug-likeness (QED) is 0.890. The molecule has 0 amide bonds. The van der Waals surface area contributed by atoms with Crippen LogP contribution in [0.1, 0.15) is 12.8 Å². The van der Waals surface area contributed by atoms with Crippen molar-refractivity contribution in [2.24, 2.45) is 5.92 Å². The van der Waals surface area contributed by atoms with Crippen molar-refractivity contribution in [2.75, 3.05) is 11.9 Å². The zero-order valence-corrected chi connectivity index (χ0v) is 10.6. The molecular formula is C13H14ClN3O. The molecular weight excluding hydrogens is 250 g/mol. The van der Waals surface area contributed by atoms with E-state index in [0.29, 0.717) is 23.4 Å². The van der Waals surface area contributed by atoms with Crippen molar-refractivity contribution in [1.82, 2.24) is 10.2 Å². The van der Waals surface area contributed by atoms with Crippen LogP contribution in [0.4, 0.5) is 5.82 Å². The standard InChI is InChI=1S/C13H14ClN3O/c14-12-9-3-1-2-4-10(9)13(17-16-12)15-7-11(18)8-5-6-8/h1-4,8,11,18H,5-7H2,(H,15,17). The zero-order chi connectivity index (χ0) is 12.5. The fraction of sp³-hybridized carbons (Fsp3) is 0.385. The van der Waals surface area contributed by atoms with Gasteiger partial charge in [0.1, 0.15) is 0 Å². The molecule has 2 N–H and O–H groups in total. The second kappa shape index (κ2) is 4.71. The number of nitrogens with one attached hydrogen (secondary N) is 1. The average Bonchev–Trinajstić information content (AvgIpc) is 3.22. The largest absolute Gasteiger partial charge is 0.391 e. The molecule has 5 heteroatoms. The van der Waals surface area contributed by atoms with E-state index in [9.17, 15) is 5.11 Å². The SMILES string of the molecule is OC(CNc1nnc(Cl)c2ccccc12)C1CC1. The van der Waals surface area contributed by atoms with Gasteiger partial charge in [-0.1, -0.05) is 35.9 Å². The predicted molar refractivity (Wildman–Crippen MR) is 71.8 cm³/mol. The number of hydrogen-bond donors (Lipinski definition) is 2. The average molecular weight is 264 g/mol. The Morgan fingerprint density at radius 3 is 2.72 bits per heavy atom. The third kappa shape index (κ3) is 2.26. The zero-order valence-electron chi connectivity index (χ0n) is 9.81. The summed E-state index contributed by atoms with van der Waals surface area (Å²) in [5.74, 6) is 1.12. The van der Waals surface area contributed by atoms with E-state index in [1.54, 1.807) is 0 Å². The Bertz CT molecular complexity index is 571. The highest BCUT2D eigenvalue weighted by Gasteiger charge is 2.29. The highest BCUT2D eigenvalue weighted by atomic mass is 35.5. The summed E-state index contributed by atoms with van der Waals surface area (Å²) in [6.45, 7) is 0.505. The molecule has 1 atom stereocenters. The Kier molecular flexibility index (Phi) is 3.06. The summed E-state index contributed by atoms with van der Waals surface area (Å²) >= 11 is 6.00. The summed E-state index contributed by atoms with van der Waals surface area (Å²) < 4.78 is 0. The highest BCUT2D eigenvalue weighted by Crippen LogP contribution is 2.33. The van der Waals surface area contributed by atoms with E-state index in [1.165, 1.54) is 0 Å². The number of anilines is 1. The Morgan fingerprint density at radius 2 is 2.00 bits per heavy atom. The maximum atomic E-state index is 9.84. The monoisotopic (exact) mass is 263 g/mol. The molecule has 4 nitrogen and oxygen atoms in total. The lowest BCUT2D eigenvalue weighted by atomic mass is 10.2. The first-order valence-corrected chi connectivity index (χ1v) is 6.46. The molecule has 1 saturated carbocycles. The summed E-state index contributed by atoms with van der Waals surface area (Å²) in [6, 6.07) is 7.71. The van der Waals surface area contributed by atoms with Crippen LogP contribution < -0.4 is 5.32 Å². The van der Waals surface area contributed by atoms with Crippen LogP contribution in [0.25, 0.3) is 10.8 Å². The molecule has 18 heavy (non-hydrogen) atoms. The van der Waals surface area contributed by atoms with Gasteiger partial charge in [-0.25, -0.2) is 0 Å². The molecule has 2 aromatic rings. The Hall–Kier alpha value is -1.39. The number of aromatic nitrogens is 2. The van der Waals surface area contributed by atoms with E-state index in [2.05, 4.69) is 15.5 Å². The van der Waals surface area contributed by atoms with Gasteiger partial charge in [-0.15, -0.1) is 10.2 Å². The number of hydrogen-bond acceptors (Lipinski definition) is 4. The van der Waals surface area contributed by atoms with Gasteiger partial charge in [-0.2, -0.15) is 0 Å². The normalized spacial score (nSPS) is 16.8. The van der Waals surface area contributed by atoms with Crippen LogP contribution in [0, 0.1) is 5.92 Å². The number of fused-ring (bicyclic) bond motifs is 1. The third-order valence-electron chi connectivity index (χ3n) is 3.29. The lowest BCUT2D eigenvalue weighted by molar-refractivity contribution is 0.164. The predicted octanol–water partition coefficient (Wildman–Crippen LogP) is 2.47. The van der Waals surface area contributed by atoms with Crippen LogP contribution in [0.3, 0.4) is 0 Å². The van der Waals surface area contributed by atoms with E-state index in [4.69, 9.17) is 11.6 Å². The number of rotatable bonds is 4. The van der Waals surface area contributed by atoms with Crippen LogP contribution in [-0.4, -0.2) is 28.0 Å². The minimum Gasteiger partial charge on any atom is -0.391 e. The van der Waals surface area contributed by atoms with Crippen LogP contribution in [0.2, 0.25) is 5.15 Å². The van der Waals surface area contributed by atoms with Crippen molar-refractivity contribution in [3.8, 4) is 0 Å². The van der Waals surface area contributed by atoms with Gasteiger partial charge in [0, 0.05) is 17.3 Å². The Labute approximate surface area is 110 Å². The molecule has 0 radical (unpaired) electrons. The summed E-state index contributed by atoms with van der Waals surface area (Å²) in [4.78, 5) is 0. The van der Waals surface area contributed by atoms with Gasteiger partial charge in [0.25, 0.3) is 0 Å². The molecule has 0 spiro atoms. The maximum Gasteiger partial charge on any atom is 0.159 e. The third-order valence-corrected chi connectivity index (χ3v) is 3.57. The Balaban J connectivity index is 1.85.